The Morgan fingerprint density at radius 2 is 1.82 bits per heavy atom. The van der Waals surface area contributed by atoms with Crippen molar-refractivity contribution < 1.29 is 13.7 Å². The van der Waals surface area contributed by atoms with Gasteiger partial charge in [0.05, 0.1) is 23.6 Å². The highest BCUT2D eigenvalue weighted by Crippen LogP contribution is 2.17. The van der Waals surface area contributed by atoms with Gasteiger partial charge in [-0.2, -0.15) is 20.0 Å². The summed E-state index contributed by atoms with van der Waals surface area (Å²) in [7, 11) is 0. The van der Waals surface area contributed by atoms with Gasteiger partial charge in [-0.3, -0.25) is 4.79 Å². The topological polar surface area (TPSA) is 98.7 Å². The molecule has 1 amide bonds. The van der Waals surface area contributed by atoms with E-state index in [-0.39, 0.29) is 11.7 Å². The quantitative estimate of drug-likeness (QED) is 0.553. The van der Waals surface area contributed by atoms with Crippen LogP contribution in [-0.4, -0.2) is 37.6 Å². The molecule has 0 spiro atoms. The Morgan fingerprint density at radius 3 is 2.61 bits per heavy atom. The molecule has 2 aromatic heterocycles. The molecule has 8 nitrogen and oxygen atoms in total. The highest BCUT2D eigenvalue weighted by molar-refractivity contribution is 5.97. The Morgan fingerprint density at radius 1 is 1.07 bits per heavy atom. The summed E-state index contributed by atoms with van der Waals surface area (Å²) in [6.45, 7) is 0.322. The Bertz CT molecular complexity index is 1080. The second-order valence-electron chi connectivity index (χ2n) is 5.86. The van der Waals surface area contributed by atoms with E-state index in [1.807, 2.05) is 6.07 Å². The van der Waals surface area contributed by atoms with Gasteiger partial charge in [-0.1, -0.05) is 17.3 Å². The molecule has 4 aromatic rings. The summed E-state index contributed by atoms with van der Waals surface area (Å²) in [5, 5.41) is 14.8. The zero-order valence-corrected chi connectivity index (χ0v) is 14.6. The van der Waals surface area contributed by atoms with Crippen LogP contribution in [0.4, 0.5) is 4.39 Å². The maximum Gasteiger partial charge on any atom is 0.257 e. The van der Waals surface area contributed by atoms with Gasteiger partial charge in [-0.15, -0.1) is 0 Å². The summed E-state index contributed by atoms with van der Waals surface area (Å²) < 4.78 is 18.2. The standard InChI is InChI=1S/C19H15FN6O2/c20-14-7-5-13(6-8-14)19-24-17(25-28-19)9-10-21-18(27)15-3-1-2-4-16(15)26-22-11-12-23-26/h1-8,11-12H,9-10H2,(H,21,27). The number of aromatic nitrogens is 5. The Balaban J connectivity index is 1.39. The van der Waals surface area contributed by atoms with Crippen molar-refractivity contribution >= 4 is 5.91 Å². The fraction of sp³-hybridized carbons (Fsp3) is 0.105. The van der Waals surface area contributed by atoms with Crippen molar-refractivity contribution in [3.05, 3.63) is 78.1 Å². The largest absolute Gasteiger partial charge is 0.352 e. The van der Waals surface area contributed by atoms with E-state index in [4.69, 9.17) is 4.52 Å². The molecular weight excluding hydrogens is 363 g/mol. The minimum atomic E-state index is -0.336. The monoisotopic (exact) mass is 378 g/mol. The van der Waals surface area contributed by atoms with Crippen molar-refractivity contribution in [3.8, 4) is 17.1 Å². The molecule has 0 fully saturated rings. The van der Waals surface area contributed by atoms with Crippen LogP contribution in [0.1, 0.15) is 16.2 Å². The summed E-state index contributed by atoms with van der Waals surface area (Å²) in [4.78, 5) is 18.2. The maximum atomic E-state index is 13.0. The highest BCUT2D eigenvalue weighted by atomic mass is 19.1. The molecule has 0 aliphatic rings. The van der Waals surface area contributed by atoms with Gasteiger partial charge in [0.25, 0.3) is 11.8 Å². The normalized spacial score (nSPS) is 10.8. The Labute approximate surface area is 159 Å². The summed E-state index contributed by atoms with van der Waals surface area (Å²) in [5.41, 5.74) is 1.67. The number of halogens is 1. The van der Waals surface area contributed by atoms with Crippen LogP contribution in [-0.2, 0) is 6.42 Å². The van der Waals surface area contributed by atoms with Crippen LogP contribution in [0.25, 0.3) is 17.1 Å². The molecule has 0 saturated carbocycles. The van der Waals surface area contributed by atoms with E-state index in [1.54, 1.807) is 42.7 Å². The lowest BCUT2D eigenvalue weighted by atomic mass is 10.1. The Hall–Kier alpha value is -3.88. The van der Waals surface area contributed by atoms with Crippen molar-refractivity contribution in [3.63, 3.8) is 0 Å². The van der Waals surface area contributed by atoms with Gasteiger partial charge in [-0.05, 0) is 36.4 Å². The van der Waals surface area contributed by atoms with E-state index in [1.165, 1.54) is 16.9 Å². The third kappa shape index (κ3) is 3.78. The summed E-state index contributed by atoms with van der Waals surface area (Å²) >= 11 is 0. The first kappa shape index (κ1) is 17.5. The highest BCUT2D eigenvalue weighted by Gasteiger charge is 2.14. The van der Waals surface area contributed by atoms with Gasteiger partial charge >= 0.3 is 0 Å². The van der Waals surface area contributed by atoms with Gasteiger partial charge in [0.15, 0.2) is 5.82 Å². The zero-order valence-electron chi connectivity index (χ0n) is 14.6. The average molecular weight is 378 g/mol. The number of hydrogen-bond acceptors (Lipinski definition) is 6. The fourth-order valence-corrected chi connectivity index (χ4v) is 2.63. The van der Waals surface area contributed by atoms with E-state index in [0.717, 1.165) is 0 Å². The third-order valence-corrected chi connectivity index (χ3v) is 3.98. The van der Waals surface area contributed by atoms with Crippen LogP contribution >= 0.6 is 0 Å². The van der Waals surface area contributed by atoms with Crippen molar-refractivity contribution in [2.24, 2.45) is 0 Å². The van der Waals surface area contributed by atoms with Gasteiger partial charge in [0, 0.05) is 18.5 Å². The molecular formula is C19H15FN6O2. The first-order valence-corrected chi connectivity index (χ1v) is 8.53. The van der Waals surface area contributed by atoms with Crippen LogP contribution in [0.3, 0.4) is 0 Å². The number of carbonyl (C=O) groups excluding carboxylic acids is 1. The van der Waals surface area contributed by atoms with Crippen molar-refractivity contribution in [1.82, 2.24) is 30.5 Å². The summed E-state index contributed by atoms with van der Waals surface area (Å²) in [6.07, 6.45) is 3.48. The molecule has 0 aliphatic carbocycles. The molecule has 0 radical (unpaired) electrons. The lowest BCUT2D eigenvalue weighted by molar-refractivity contribution is 0.0953. The minimum Gasteiger partial charge on any atom is -0.352 e. The van der Waals surface area contributed by atoms with Gasteiger partial charge < -0.3 is 9.84 Å². The lowest BCUT2D eigenvalue weighted by Crippen LogP contribution is -2.27. The number of benzene rings is 2. The first-order valence-electron chi connectivity index (χ1n) is 8.53. The second-order valence-corrected chi connectivity index (χ2v) is 5.86. The van der Waals surface area contributed by atoms with Crippen molar-refractivity contribution in [2.75, 3.05) is 6.54 Å². The lowest BCUT2D eigenvalue weighted by Gasteiger charge is -2.08. The van der Waals surface area contributed by atoms with Crippen molar-refractivity contribution in [1.29, 1.82) is 0 Å². The molecule has 2 heterocycles. The maximum absolute atomic E-state index is 13.0. The molecule has 9 heteroatoms. The second kappa shape index (κ2) is 7.78. The van der Waals surface area contributed by atoms with Crippen LogP contribution in [0.5, 0.6) is 0 Å². The van der Waals surface area contributed by atoms with E-state index in [0.29, 0.717) is 41.5 Å². The van der Waals surface area contributed by atoms with Crippen LogP contribution in [0, 0.1) is 5.82 Å². The molecule has 0 bridgehead atoms. The molecule has 0 unspecified atom stereocenters. The van der Waals surface area contributed by atoms with Crippen LogP contribution < -0.4 is 5.32 Å². The number of amides is 1. The number of hydrogen-bond donors (Lipinski definition) is 1. The molecule has 0 saturated heterocycles. The zero-order chi connectivity index (χ0) is 19.3. The van der Waals surface area contributed by atoms with Crippen LogP contribution in [0.2, 0.25) is 0 Å². The molecule has 140 valence electrons. The fourth-order valence-electron chi connectivity index (χ4n) is 2.63. The van der Waals surface area contributed by atoms with Gasteiger partial charge in [0.2, 0.25) is 0 Å². The molecule has 0 atom stereocenters. The average Bonchev–Trinajstić information content (AvgIpc) is 3.41. The molecule has 2 aromatic carbocycles. The molecule has 0 aliphatic heterocycles. The number of nitrogens with zero attached hydrogens (tertiary/aromatic N) is 5. The minimum absolute atomic E-state index is 0.254. The molecule has 1 N–H and O–H groups in total. The number of carbonyl (C=O) groups is 1. The van der Waals surface area contributed by atoms with E-state index in [9.17, 15) is 9.18 Å². The number of nitrogens with one attached hydrogen (secondary N) is 1. The number of para-hydroxylation sites is 1. The molecule has 28 heavy (non-hydrogen) atoms. The van der Waals surface area contributed by atoms with Gasteiger partial charge in [-0.25, -0.2) is 4.39 Å². The SMILES string of the molecule is O=C(NCCc1noc(-c2ccc(F)cc2)n1)c1ccccc1-n1nccn1. The summed E-state index contributed by atoms with van der Waals surface area (Å²) in [6, 6.07) is 12.8. The molecule has 4 rings (SSSR count). The third-order valence-electron chi connectivity index (χ3n) is 3.98. The van der Waals surface area contributed by atoms with Gasteiger partial charge in [0.1, 0.15) is 5.82 Å². The Kier molecular flexibility index (Phi) is 4.87. The first-order chi connectivity index (χ1) is 13.7. The smallest absolute Gasteiger partial charge is 0.257 e. The predicted octanol–water partition coefficient (Wildman–Crippen LogP) is 2.43. The van der Waals surface area contributed by atoms with E-state index in [2.05, 4.69) is 25.7 Å². The number of rotatable bonds is 6. The predicted molar refractivity (Wildman–Crippen MR) is 97.1 cm³/mol. The van der Waals surface area contributed by atoms with E-state index >= 15 is 0 Å². The summed E-state index contributed by atoms with van der Waals surface area (Å²) in [5.74, 6) is 0.157. The van der Waals surface area contributed by atoms with E-state index < -0.39 is 0 Å². The van der Waals surface area contributed by atoms with Crippen LogP contribution in [0.15, 0.2) is 65.4 Å². The van der Waals surface area contributed by atoms with Crippen molar-refractivity contribution in [2.45, 2.75) is 6.42 Å².